The van der Waals surface area contributed by atoms with Crippen LogP contribution >= 0.6 is 0 Å². The minimum Gasteiger partial charge on any atom is -0.299 e. The van der Waals surface area contributed by atoms with E-state index in [1.54, 1.807) is 0 Å². The van der Waals surface area contributed by atoms with Crippen LogP contribution in [0.5, 0.6) is 0 Å². The molecule has 0 aliphatic heterocycles. The molecule has 2 aromatic carbocycles. The van der Waals surface area contributed by atoms with Crippen LogP contribution in [0.4, 0.5) is 5.69 Å². The molecule has 0 aliphatic carbocycles. The van der Waals surface area contributed by atoms with Gasteiger partial charge in [-0.05, 0) is 23.6 Å². The van der Waals surface area contributed by atoms with Gasteiger partial charge in [0.1, 0.15) is 0 Å². The summed E-state index contributed by atoms with van der Waals surface area (Å²) in [5.41, 5.74) is 7.73. The van der Waals surface area contributed by atoms with Gasteiger partial charge < -0.3 is 0 Å². The summed E-state index contributed by atoms with van der Waals surface area (Å²) in [6, 6.07) is 19.6. The first-order valence-corrected chi connectivity index (χ1v) is 7.38. The number of para-hydroxylation sites is 1. The van der Waals surface area contributed by atoms with Crippen molar-refractivity contribution < 1.29 is 4.79 Å². The van der Waals surface area contributed by atoms with Gasteiger partial charge in [-0.25, -0.2) is 0 Å². The molecule has 0 fully saturated rings. The van der Waals surface area contributed by atoms with Crippen molar-refractivity contribution in [2.75, 3.05) is 5.43 Å². The number of amides is 1. The number of rotatable bonds is 6. The Hall–Kier alpha value is -2.29. The van der Waals surface area contributed by atoms with Crippen LogP contribution in [0.25, 0.3) is 0 Å². The lowest BCUT2D eigenvalue weighted by molar-refractivity contribution is -0.123. The van der Waals surface area contributed by atoms with Gasteiger partial charge in [-0.2, -0.15) is 0 Å². The second-order valence-electron chi connectivity index (χ2n) is 5.25. The molecule has 2 rings (SSSR count). The molecule has 2 atom stereocenters. The fraction of sp³-hybridized carbons (Fsp3) is 0.278. The maximum absolute atomic E-state index is 12.5. The van der Waals surface area contributed by atoms with Gasteiger partial charge in [0.05, 0.1) is 11.6 Å². The minimum atomic E-state index is -0.146. The zero-order valence-electron chi connectivity index (χ0n) is 12.5. The van der Waals surface area contributed by atoms with E-state index in [0.29, 0.717) is 0 Å². The number of anilines is 1. The molecule has 2 unspecified atom stereocenters. The summed E-state index contributed by atoms with van der Waals surface area (Å²) in [6.45, 7) is 4.22. The van der Waals surface area contributed by atoms with Gasteiger partial charge in [-0.1, -0.05) is 68.8 Å². The molecular weight excluding hydrogens is 260 g/mol. The normalized spacial score (nSPS) is 13.2. The van der Waals surface area contributed by atoms with Crippen LogP contribution < -0.4 is 10.9 Å². The van der Waals surface area contributed by atoms with Gasteiger partial charge in [0.25, 0.3) is 0 Å². The van der Waals surface area contributed by atoms with Crippen molar-refractivity contribution in [3.05, 3.63) is 66.2 Å². The Morgan fingerprint density at radius 1 is 1.00 bits per heavy atom. The minimum absolute atomic E-state index is 0.000553. The Bertz CT molecular complexity index is 554. The maximum Gasteiger partial charge on any atom is 0.246 e. The SMILES string of the molecule is CCC(C)C(C(=O)NNc1ccccc1)c1ccccc1. The molecule has 2 N–H and O–H groups in total. The fourth-order valence-electron chi connectivity index (χ4n) is 2.37. The summed E-state index contributed by atoms with van der Waals surface area (Å²) in [5, 5.41) is 0. The summed E-state index contributed by atoms with van der Waals surface area (Å²) in [6.07, 6.45) is 0.957. The molecular formula is C18H22N2O. The maximum atomic E-state index is 12.5. The molecule has 0 radical (unpaired) electrons. The number of benzene rings is 2. The lowest BCUT2D eigenvalue weighted by Gasteiger charge is -2.23. The van der Waals surface area contributed by atoms with Crippen LogP contribution in [0.3, 0.4) is 0 Å². The van der Waals surface area contributed by atoms with Crippen LogP contribution in [-0.4, -0.2) is 5.91 Å². The Labute approximate surface area is 126 Å². The van der Waals surface area contributed by atoms with Crippen molar-refractivity contribution in [1.82, 2.24) is 5.43 Å². The third-order valence-corrected chi connectivity index (χ3v) is 3.76. The van der Waals surface area contributed by atoms with Crippen molar-refractivity contribution in [1.29, 1.82) is 0 Å². The van der Waals surface area contributed by atoms with Crippen molar-refractivity contribution in [3.8, 4) is 0 Å². The van der Waals surface area contributed by atoms with Crippen molar-refractivity contribution in [2.45, 2.75) is 26.2 Å². The van der Waals surface area contributed by atoms with E-state index >= 15 is 0 Å². The van der Waals surface area contributed by atoms with E-state index in [2.05, 4.69) is 24.7 Å². The van der Waals surface area contributed by atoms with E-state index in [4.69, 9.17) is 0 Å². The summed E-state index contributed by atoms with van der Waals surface area (Å²) in [4.78, 5) is 12.5. The van der Waals surface area contributed by atoms with Gasteiger partial charge in [-0.15, -0.1) is 0 Å². The second-order valence-corrected chi connectivity index (χ2v) is 5.25. The van der Waals surface area contributed by atoms with Gasteiger partial charge >= 0.3 is 0 Å². The number of hydrogen-bond donors (Lipinski definition) is 2. The molecule has 0 bridgehead atoms. The molecule has 0 aliphatic rings. The second kappa shape index (κ2) is 7.48. The lowest BCUT2D eigenvalue weighted by Crippen LogP contribution is -2.36. The quantitative estimate of drug-likeness (QED) is 0.787. The average molecular weight is 282 g/mol. The first-order chi connectivity index (χ1) is 10.2. The molecule has 0 heterocycles. The highest BCUT2D eigenvalue weighted by Crippen LogP contribution is 2.27. The molecule has 3 nitrogen and oxygen atoms in total. The van der Waals surface area contributed by atoms with Gasteiger partial charge in [0.2, 0.25) is 5.91 Å². The number of carbonyl (C=O) groups excluding carboxylic acids is 1. The topological polar surface area (TPSA) is 41.1 Å². The van der Waals surface area contributed by atoms with Crippen LogP contribution in [0, 0.1) is 5.92 Å². The van der Waals surface area contributed by atoms with E-state index in [1.165, 1.54) is 0 Å². The van der Waals surface area contributed by atoms with E-state index in [0.717, 1.165) is 17.7 Å². The highest BCUT2D eigenvalue weighted by molar-refractivity contribution is 5.85. The van der Waals surface area contributed by atoms with Gasteiger partial charge in [-0.3, -0.25) is 15.6 Å². The molecule has 21 heavy (non-hydrogen) atoms. The third kappa shape index (κ3) is 4.09. The standard InChI is InChI=1S/C18H22N2O/c1-3-14(2)17(15-10-6-4-7-11-15)18(21)20-19-16-12-8-5-9-13-16/h4-14,17,19H,3H2,1-2H3,(H,20,21). The lowest BCUT2D eigenvalue weighted by atomic mass is 9.85. The molecule has 1 amide bonds. The van der Waals surface area contributed by atoms with E-state index in [-0.39, 0.29) is 17.7 Å². The van der Waals surface area contributed by atoms with E-state index < -0.39 is 0 Å². The number of nitrogens with one attached hydrogen (secondary N) is 2. The zero-order chi connectivity index (χ0) is 15.1. The van der Waals surface area contributed by atoms with Gasteiger partial charge in [0.15, 0.2) is 0 Å². The summed E-state index contributed by atoms with van der Waals surface area (Å²) in [7, 11) is 0. The van der Waals surface area contributed by atoms with Crippen molar-refractivity contribution in [2.24, 2.45) is 5.92 Å². The number of carbonyl (C=O) groups is 1. The Morgan fingerprint density at radius 3 is 2.14 bits per heavy atom. The van der Waals surface area contributed by atoms with Crippen LogP contribution in [-0.2, 0) is 4.79 Å². The smallest absolute Gasteiger partial charge is 0.246 e. The van der Waals surface area contributed by atoms with E-state index in [1.807, 2.05) is 60.7 Å². The molecule has 2 aromatic rings. The summed E-state index contributed by atoms with van der Waals surface area (Å²) < 4.78 is 0. The zero-order valence-corrected chi connectivity index (χ0v) is 12.5. The predicted octanol–water partition coefficient (Wildman–Crippen LogP) is 3.96. The van der Waals surface area contributed by atoms with Crippen molar-refractivity contribution in [3.63, 3.8) is 0 Å². The van der Waals surface area contributed by atoms with Crippen LogP contribution in [0.15, 0.2) is 60.7 Å². The van der Waals surface area contributed by atoms with Crippen LogP contribution in [0.2, 0.25) is 0 Å². The molecule has 0 aromatic heterocycles. The van der Waals surface area contributed by atoms with E-state index in [9.17, 15) is 4.79 Å². The Balaban J connectivity index is 2.08. The largest absolute Gasteiger partial charge is 0.299 e. The highest BCUT2D eigenvalue weighted by Gasteiger charge is 2.25. The number of hydrazine groups is 1. The molecule has 110 valence electrons. The third-order valence-electron chi connectivity index (χ3n) is 3.76. The molecule has 3 heteroatoms. The molecule has 0 spiro atoms. The summed E-state index contributed by atoms with van der Waals surface area (Å²) >= 11 is 0. The highest BCUT2D eigenvalue weighted by atomic mass is 16.2. The first-order valence-electron chi connectivity index (χ1n) is 7.38. The number of hydrogen-bond acceptors (Lipinski definition) is 2. The van der Waals surface area contributed by atoms with Crippen LogP contribution in [0.1, 0.15) is 31.7 Å². The van der Waals surface area contributed by atoms with Crippen molar-refractivity contribution >= 4 is 11.6 Å². The first kappa shape index (κ1) is 15.1. The Morgan fingerprint density at radius 2 is 1.57 bits per heavy atom. The molecule has 0 saturated heterocycles. The fourth-order valence-corrected chi connectivity index (χ4v) is 2.37. The van der Waals surface area contributed by atoms with Gasteiger partial charge in [0, 0.05) is 0 Å². The average Bonchev–Trinajstić information content (AvgIpc) is 2.55. The molecule has 0 saturated carbocycles. The monoisotopic (exact) mass is 282 g/mol. The predicted molar refractivity (Wildman–Crippen MR) is 86.8 cm³/mol. The summed E-state index contributed by atoms with van der Waals surface area (Å²) in [5.74, 6) is 0.136. The Kier molecular flexibility index (Phi) is 5.38.